The molecule has 0 aliphatic rings. The van der Waals surface area contributed by atoms with Gasteiger partial charge in [-0.1, -0.05) is 84.4 Å². The maximum atomic E-state index is 11.4. The molecule has 0 radical (unpaired) electrons. The van der Waals surface area contributed by atoms with Crippen LogP contribution < -0.4 is 4.90 Å². The second kappa shape index (κ2) is 12.3. The van der Waals surface area contributed by atoms with Crippen molar-refractivity contribution in [3.63, 3.8) is 0 Å². The van der Waals surface area contributed by atoms with Gasteiger partial charge in [0.25, 0.3) is 0 Å². The van der Waals surface area contributed by atoms with Gasteiger partial charge in [0.05, 0.1) is 22.8 Å². The molecule has 0 aliphatic carbocycles. The molecule has 6 aromatic rings. The summed E-state index contributed by atoms with van der Waals surface area (Å²) in [6, 6.07) is 43.5. The number of aromatic hydroxyl groups is 1. The molecule has 0 aliphatic heterocycles. The Bertz CT molecular complexity index is 1770. The molecule has 204 valence electrons. The van der Waals surface area contributed by atoms with Crippen molar-refractivity contribution in [2.75, 3.05) is 4.90 Å². The van der Waals surface area contributed by atoms with E-state index < -0.39 is 0 Å². The van der Waals surface area contributed by atoms with E-state index in [1.165, 1.54) is 0 Å². The van der Waals surface area contributed by atoms with E-state index in [2.05, 4.69) is 48.0 Å². The minimum absolute atomic E-state index is 0. The van der Waals surface area contributed by atoms with Crippen LogP contribution in [-0.2, 0) is 21.1 Å². The van der Waals surface area contributed by atoms with Crippen molar-refractivity contribution in [2.24, 2.45) is 0 Å². The summed E-state index contributed by atoms with van der Waals surface area (Å²) in [7, 11) is 0. The summed E-state index contributed by atoms with van der Waals surface area (Å²) in [5, 5.41) is 11.4. The van der Waals surface area contributed by atoms with E-state index >= 15 is 0 Å². The Morgan fingerprint density at radius 1 is 0.634 bits per heavy atom. The topological polar surface area (TPSA) is 49.2 Å². The van der Waals surface area contributed by atoms with Crippen molar-refractivity contribution >= 4 is 17.2 Å². The van der Waals surface area contributed by atoms with Gasteiger partial charge >= 0.3 is 0 Å². The van der Waals surface area contributed by atoms with Crippen LogP contribution >= 0.6 is 0 Å². The van der Waals surface area contributed by atoms with Gasteiger partial charge < -0.3 is 10.0 Å². The van der Waals surface area contributed by atoms with Gasteiger partial charge in [-0.3, -0.25) is 4.98 Å². The van der Waals surface area contributed by atoms with Crippen molar-refractivity contribution in [3.8, 4) is 39.4 Å². The number of anilines is 3. The summed E-state index contributed by atoms with van der Waals surface area (Å²) >= 11 is 0. The van der Waals surface area contributed by atoms with Gasteiger partial charge in [-0.25, -0.2) is 4.98 Å². The molecular formula is C36H28N3OPt-. The van der Waals surface area contributed by atoms with Crippen LogP contribution in [0, 0.1) is 19.9 Å². The standard InChI is InChI=1S/C36H28N3O.Pt/c1-25-12-8-13-26(2)35(25)39(34-22-11-21-33(38-34)32-20-6-7-23-37-32)29-17-9-16-28(24-29)31-19-10-18-30(36(31)40)27-14-4-3-5-15-27;/h3-23,40H,1-2H3;/q-1;. The summed E-state index contributed by atoms with van der Waals surface area (Å²) in [5.74, 6) is 0.993. The molecule has 2 heterocycles. The molecule has 6 rings (SSSR count). The van der Waals surface area contributed by atoms with Gasteiger partial charge in [-0.15, -0.1) is 29.8 Å². The zero-order valence-electron chi connectivity index (χ0n) is 22.7. The minimum Gasteiger partial charge on any atom is -0.516 e. The van der Waals surface area contributed by atoms with E-state index in [1.54, 1.807) is 6.20 Å². The van der Waals surface area contributed by atoms with Crippen molar-refractivity contribution in [3.05, 3.63) is 145 Å². The number of phenolic OH excluding ortho intramolecular Hbond substituents is 1. The number of aryl methyl sites for hydroxylation is 2. The van der Waals surface area contributed by atoms with E-state index in [0.29, 0.717) is 0 Å². The predicted molar refractivity (Wildman–Crippen MR) is 163 cm³/mol. The monoisotopic (exact) mass is 713 g/mol. The Labute approximate surface area is 255 Å². The Hall–Kier alpha value is -4.53. The normalized spacial score (nSPS) is 10.6. The molecule has 0 saturated carbocycles. The van der Waals surface area contributed by atoms with Crippen molar-refractivity contribution < 1.29 is 26.2 Å². The van der Waals surface area contributed by atoms with E-state index in [-0.39, 0.29) is 26.8 Å². The molecule has 2 aromatic heterocycles. The van der Waals surface area contributed by atoms with Gasteiger partial charge in [-0.05, 0) is 60.5 Å². The Morgan fingerprint density at radius 3 is 2.05 bits per heavy atom. The van der Waals surface area contributed by atoms with Crippen LogP contribution in [0.3, 0.4) is 0 Å². The average molecular weight is 714 g/mol. The largest absolute Gasteiger partial charge is 0.516 e. The third kappa shape index (κ3) is 5.70. The molecule has 0 bridgehead atoms. The average Bonchev–Trinajstić information content (AvgIpc) is 3.00. The third-order valence-corrected chi connectivity index (χ3v) is 6.99. The fraction of sp³-hybridized carbons (Fsp3) is 0.0556. The molecule has 4 nitrogen and oxygen atoms in total. The molecule has 4 aromatic carbocycles. The van der Waals surface area contributed by atoms with Gasteiger partial charge in [-0.2, -0.15) is 0 Å². The second-order valence-electron chi connectivity index (χ2n) is 9.69. The first-order valence-corrected chi connectivity index (χ1v) is 13.2. The maximum absolute atomic E-state index is 11.4. The molecule has 0 atom stereocenters. The number of rotatable bonds is 6. The van der Waals surface area contributed by atoms with Crippen LogP contribution in [0.2, 0.25) is 0 Å². The van der Waals surface area contributed by atoms with Crippen molar-refractivity contribution in [1.29, 1.82) is 0 Å². The summed E-state index contributed by atoms with van der Waals surface area (Å²) in [6.45, 7) is 4.22. The zero-order chi connectivity index (χ0) is 27.5. The summed E-state index contributed by atoms with van der Waals surface area (Å²) in [6.07, 6.45) is 1.78. The fourth-order valence-electron chi connectivity index (χ4n) is 5.08. The smallest absolute Gasteiger partial charge is 0.136 e. The first-order valence-electron chi connectivity index (χ1n) is 13.2. The molecule has 0 unspecified atom stereocenters. The van der Waals surface area contributed by atoms with E-state index in [1.807, 2.05) is 103 Å². The summed E-state index contributed by atoms with van der Waals surface area (Å²) in [5.41, 5.74) is 8.98. The molecule has 1 N–H and O–H groups in total. The number of benzene rings is 4. The first kappa shape index (κ1) is 28.0. The third-order valence-electron chi connectivity index (χ3n) is 6.99. The van der Waals surface area contributed by atoms with Gasteiger partial charge in [0.15, 0.2) is 0 Å². The number of aromatic nitrogens is 2. The van der Waals surface area contributed by atoms with Crippen LogP contribution in [0.4, 0.5) is 17.2 Å². The van der Waals surface area contributed by atoms with E-state index in [9.17, 15) is 5.11 Å². The number of phenols is 1. The summed E-state index contributed by atoms with van der Waals surface area (Å²) < 4.78 is 0. The molecular weight excluding hydrogens is 685 g/mol. The number of hydrogen-bond acceptors (Lipinski definition) is 4. The molecule has 41 heavy (non-hydrogen) atoms. The quantitative estimate of drug-likeness (QED) is 0.175. The van der Waals surface area contributed by atoms with Gasteiger partial charge in [0.1, 0.15) is 5.82 Å². The molecule has 0 saturated heterocycles. The number of nitrogens with zero attached hydrogens (tertiary/aromatic N) is 3. The predicted octanol–water partition coefficient (Wildman–Crippen LogP) is 9.07. The van der Waals surface area contributed by atoms with Crippen LogP contribution in [0.15, 0.2) is 128 Å². The Morgan fingerprint density at radius 2 is 1.29 bits per heavy atom. The molecule has 0 fully saturated rings. The number of para-hydroxylation sites is 2. The zero-order valence-corrected chi connectivity index (χ0v) is 25.0. The second-order valence-corrected chi connectivity index (χ2v) is 9.69. The molecule has 5 heteroatoms. The first-order chi connectivity index (χ1) is 19.6. The Kier molecular flexibility index (Phi) is 8.42. The van der Waals surface area contributed by atoms with Crippen molar-refractivity contribution in [1.82, 2.24) is 9.97 Å². The summed E-state index contributed by atoms with van der Waals surface area (Å²) in [4.78, 5) is 11.7. The number of hydrogen-bond donors (Lipinski definition) is 1. The fourth-order valence-corrected chi connectivity index (χ4v) is 5.08. The van der Waals surface area contributed by atoms with Crippen molar-refractivity contribution in [2.45, 2.75) is 13.8 Å². The van der Waals surface area contributed by atoms with Gasteiger partial charge in [0.2, 0.25) is 0 Å². The minimum atomic E-state index is 0. The van der Waals surface area contributed by atoms with Crippen LogP contribution in [-0.4, -0.2) is 15.1 Å². The number of pyridine rings is 2. The molecule has 0 amide bonds. The van der Waals surface area contributed by atoms with Crippen LogP contribution in [0.25, 0.3) is 33.6 Å². The van der Waals surface area contributed by atoms with Gasteiger partial charge in [0, 0.05) is 32.8 Å². The maximum Gasteiger partial charge on any atom is 0.136 e. The van der Waals surface area contributed by atoms with E-state index in [4.69, 9.17) is 4.98 Å². The molecule has 0 spiro atoms. The Balaban J connectivity index is 0.00000337. The van der Waals surface area contributed by atoms with Crippen LogP contribution in [0.1, 0.15) is 11.1 Å². The van der Waals surface area contributed by atoms with Crippen LogP contribution in [0.5, 0.6) is 5.75 Å². The van der Waals surface area contributed by atoms with E-state index in [0.717, 1.165) is 62.0 Å². The SMILES string of the molecule is Cc1cccc(C)c1N(c1[c-]c(-c2cccc(-c3ccccc3)c2O)ccc1)c1cccc(-c2ccccn2)n1.[Pt].